The van der Waals surface area contributed by atoms with E-state index in [2.05, 4.69) is 6.58 Å². The number of carbonyl (C=O) groups excluding carboxylic acids is 2. The molecule has 21 heavy (non-hydrogen) atoms. The summed E-state index contributed by atoms with van der Waals surface area (Å²) in [4.78, 5) is 22.1. The van der Waals surface area contributed by atoms with E-state index in [0.29, 0.717) is 32.8 Å². The minimum atomic E-state index is -0.468. The summed E-state index contributed by atoms with van der Waals surface area (Å²) in [6.45, 7) is 10.1. The third kappa shape index (κ3) is 12.1. The lowest BCUT2D eigenvalue weighted by Crippen LogP contribution is -2.23. The second-order valence-corrected chi connectivity index (χ2v) is 4.65. The van der Waals surface area contributed by atoms with Gasteiger partial charge in [0.1, 0.15) is 12.2 Å². The van der Waals surface area contributed by atoms with Crippen LogP contribution in [0.25, 0.3) is 0 Å². The quantitative estimate of drug-likeness (QED) is 0.311. The first-order chi connectivity index (χ1) is 9.99. The summed E-state index contributed by atoms with van der Waals surface area (Å²) in [5.41, 5.74) is 0. The first-order valence-electron chi connectivity index (χ1n) is 7.17. The fraction of sp³-hybridized carbons (Fsp3) is 0.733. The monoisotopic (exact) mass is 302 g/mol. The van der Waals surface area contributed by atoms with Crippen LogP contribution in [0.1, 0.15) is 33.6 Å². The molecule has 6 heteroatoms. The predicted octanol–water partition coefficient (Wildman–Crippen LogP) is 1.87. The van der Waals surface area contributed by atoms with Gasteiger partial charge in [-0.1, -0.05) is 13.5 Å². The molecule has 0 fully saturated rings. The van der Waals surface area contributed by atoms with Gasteiger partial charge in [0.15, 0.2) is 0 Å². The molecule has 0 rings (SSSR count). The summed E-state index contributed by atoms with van der Waals surface area (Å²) in [5, 5.41) is 0. The number of hydrogen-bond donors (Lipinski definition) is 0. The van der Waals surface area contributed by atoms with Crippen molar-refractivity contribution >= 4 is 11.9 Å². The van der Waals surface area contributed by atoms with Crippen molar-refractivity contribution in [3.05, 3.63) is 12.7 Å². The largest absolute Gasteiger partial charge is 0.460 e. The number of carbonyl (C=O) groups is 2. The molecule has 0 radical (unpaired) electrons. The van der Waals surface area contributed by atoms with Crippen molar-refractivity contribution in [2.45, 2.75) is 45.8 Å². The van der Waals surface area contributed by atoms with Crippen molar-refractivity contribution < 1.29 is 28.5 Å². The summed E-state index contributed by atoms with van der Waals surface area (Å²) >= 11 is 0. The van der Waals surface area contributed by atoms with E-state index in [-0.39, 0.29) is 18.2 Å². The molecule has 0 N–H and O–H groups in total. The van der Waals surface area contributed by atoms with Crippen LogP contribution in [0.5, 0.6) is 0 Å². The third-order valence-corrected chi connectivity index (χ3v) is 2.35. The fourth-order valence-electron chi connectivity index (χ4n) is 1.42. The Hall–Kier alpha value is -1.40. The average Bonchev–Trinajstić information content (AvgIpc) is 2.42. The molecule has 0 aromatic heterocycles. The van der Waals surface area contributed by atoms with Crippen LogP contribution in [-0.4, -0.2) is 50.6 Å². The average molecular weight is 302 g/mol. The van der Waals surface area contributed by atoms with Gasteiger partial charge in [-0.15, -0.1) is 0 Å². The SMILES string of the molecule is C=CC(=O)OC(C)COCCOCC(C)OC(=O)CCC. The third-order valence-electron chi connectivity index (χ3n) is 2.35. The summed E-state index contributed by atoms with van der Waals surface area (Å²) in [6.07, 6.45) is 1.71. The van der Waals surface area contributed by atoms with Gasteiger partial charge in [-0.05, 0) is 20.3 Å². The summed E-state index contributed by atoms with van der Waals surface area (Å²) in [6, 6.07) is 0. The number of hydrogen-bond acceptors (Lipinski definition) is 6. The summed E-state index contributed by atoms with van der Waals surface area (Å²) < 4.78 is 20.7. The number of esters is 2. The maximum Gasteiger partial charge on any atom is 0.330 e. The lowest BCUT2D eigenvalue weighted by molar-refractivity contribution is -0.152. The van der Waals surface area contributed by atoms with Gasteiger partial charge < -0.3 is 18.9 Å². The molecule has 2 atom stereocenters. The highest BCUT2D eigenvalue weighted by Gasteiger charge is 2.09. The molecule has 6 nitrogen and oxygen atoms in total. The van der Waals surface area contributed by atoms with E-state index in [0.717, 1.165) is 12.5 Å². The van der Waals surface area contributed by atoms with Crippen molar-refractivity contribution in [3.63, 3.8) is 0 Å². The first kappa shape index (κ1) is 19.6. The number of ether oxygens (including phenoxy) is 4. The lowest BCUT2D eigenvalue weighted by atomic mass is 10.3. The summed E-state index contributed by atoms with van der Waals surface area (Å²) in [5.74, 6) is -0.673. The Kier molecular flexibility index (Phi) is 11.5. The van der Waals surface area contributed by atoms with E-state index in [4.69, 9.17) is 18.9 Å². The van der Waals surface area contributed by atoms with Crippen LogP contribution in [-0.2, 0) is 28.5 Å². The van der Waals surface area contributed by atoms with Gasteiger partial charge in [-0.25, -0.2) is 4.79 Å². The second-order valence-electron chi connectivity index (χ2n) is 4.65. The van der Waals surface area contributed by atoms with E-state index in [1.54, 1.807) is 13.8 Å². The molecule has 0 saturated carbocycles. The van der Waals surface area contributed by atoms with Gasteiger partial charge in [0.25, 0.3) is 0 Å². The summed E-state index contributed by atoms with van der Waals surface area (Å²) in [7, 11) is 0. The molecular formula is C15H26O6. The molecule has 0 saturated heterocycles. The van der Waals surface area contributed by atoms with Crippen LogP contribution in [0.2, 0.25) is 0 Å². The maximum atomic E-state index is 11.2. The molecule has 2 unspecified atom stereocenters. The van der Waals surface area contributed by atoms with E-state index < -0.39 is 5.97 Å². The van der Waals surface area contributed by atoms with Crippen molar-refractivity contribution in [2.75, 3.05) is 26.4 Å². The Bertz CT molecular complexity index is 315. The smallest absolute Gasteiger partial charge is 0.330 e. The molecule has 0 aromatic carbocycles. The topological polar surface area (TPSA) is 71.1 Å². The zero-order valence-corrected chi connectivity index (χ0v) is 13.1. The Labute approximate surface area is 126 Å². The Morgan fingerprint density at radius 1 is 1.05 bits per heavy atom. The van der Waals surface area contributed by atoms with E-state index in [1.807, 2.05) is 6.92 Å². The molecule has 0 bridgehead atoms. The number of rotatable bonds is 12. The maximum absolute atomic E-state index is 11.2. The van der Waals surface area contributed by atoms with Crippen LogP contribution in [0.15, 0.2) is 12.7 Å². The lowest BCUT2D eigenvalue weighted by Gasteiger charge is -2.14. The standard InChI is InChI=1S/C15H26O6/c1-5-7-15(17)21-13(4)11-19-9-8-18-10-12(3)20-14(16)6-2/h6,12-13H,2,5,7-11H2,1,3-4H3. The molecule has 0 aliphatic carbocycles. The van der Waals surface area contributed by atoms with Gasteiger partial charge in [0, 0.05) is 12.5 Å². The Balaban J connectivity index is 3.49. The van der Waals surface area contributed by atoms with Gasteiger partial charge in [0.05, 0.1) is 26.4 Å². The van der Waals surface area contributed by atoms with Crippen LogP contribution in [0, 0.1) is 0 Å². The minimum absolute atomic E-state index is 0.206. The predicted molar refractivity (Wildman–Crippen MR) is 77.9 cm³/mol. The highest BCUT2D eigenvalue weighted by atomic mass is 16.6. The van der Waals surface area contributed by atoms with E-state index in [1.165, 1.54) is 0 Å². The molecule has 0 heterocycles. The second kappa shape index (κ2) is 12.3. The zero-order valence-electron chi connectivity index (χ0n) is 13.1. The Morgan fingerprint density at radius 2 is 1.57 bits per heavy atom. The van der Waals surface area contributed by atoms with Gasteiger partial charge in [0.2, 0.25) is 0 Å². The van der Waals surface area contributed by atoms with E-state index in [9.17, 15) is 9.59 Å². The van der Waals surface area contributed by atoms with Crippen molar-refractivity contribution in [3.8, 4) is 0 Å². The normalized spacial score (nSPS) is 13.3. The minimum Gasteiger partial charge on any atom is -0.460 e. The van der Waals surface area contributed by atoms with Crippen molar-refractivity contribution in [1.29, 1.82) is 0 Å². The van der Waals surface area contributed by atoms with Gasteiger partial charge >= 0.3 is 11.9 Å². The molecule has 0 spiro atoms. The van der Waals surface area contributed by atoms with Crippen LogP contribution in [0.4, 0.5) is 0 Å². The van der Waals surface area contributed by atoms with Crippen LogP contribution < -0.4 is 0 Å². The molecule has 0 aliphatic rings. The van der Waals surface area contributed by atoms with Gasteiger partial charge in [-0.3, -0.25) is 4.79 Å². The molecule has 0 aromatic rings. The zero-order chi connectivity index (χ0) is 16.1. The molecule has 122 valence electrons. The van der Waals surface area contributed by atoms with Crippen molar-refractivity contribution in [1.82, 2.24) is 0 Å². The van der Waals surface area contributed by atoms with Crippen LogP contribution in [0.3, 0.4) is 0 Å². The Morgan fingerprint density at radius 3 is 2.05 bits per heavy atom. The van der Waals surface area contributed by atoms with Crippen LogP contribution >= 0.6 is 0 Å². The van der Waals surface area contributed by atoms with E-state index >= 15 is 0 Å². The molecular weight excluding hydrogens is 276 g/mol. The highest BCUT2D eigenvalue weighted by Crippen LogP contribution is 1.98. The first-order valence-corrected chi connectivity index (χ1v) is 7.17. The van der Waals surface area contributed by atoms with Gasteiger partial charge in [-0.2, -0.15) is 0 Å². The molecule has 0 amide bonds. The fourth-order valence-corrected chi connectivity index (χ4v) is 1.42. The van der Waals surface area contributed by atoms with Crippen molar-refractivity contribution in [2.24, 2.45) is 0 Å². The highest BCUT2D eigenvalue weighted by molar-refractivity contribution is 5.81. The molecule has 0 aliphatic heterocycles.